The first-order valence-electron chi connectivity index (χ1n) is 10.3. The average molecular weight is 462 g/mol. The second kappa shape index (κ2) is 10.2. The second-order valence-corrected chi connectivity index (χ2v) is 10.6. The van der Waals surface area contributed by atoms with Crippen LogP contribution in [0.4, 0.5) is 10.8 Å². The van der Waals surface area contributed by atoms with E-state index in [9.17, 15) is 18.0 Å². The van der Waals surface area contributed by atoms with E-state index in [4.69, 9.17) is 0 Å². The van der Waals surface area contributed by atoms with Gasteiger partial charge in [0.2, 0.25) is 11.8 Å². The van der Waals surface area contributed by atoms with Gasteiger partial charge in [-0.15, -0.1) is 11.3 Å². The van der Waals surface area contributed by atoms with Crippen molar-refractivity contribution >= 4 is 49.9 Å². The molecule has 1 aliphatic rings. The van der Waals surface area contributed by atoms with E-state index >= 15 is 0 Å². The third kappa shape index (κ3) is 6.01. The maximum Gasteiger partial charge on any atom is 0.246 e. The van der Waals surface area contributed by atoms with Crippen molar-refractivity contribution in [2.75, 3.05) is 23.0 Å². The topological polar surface area (TPSA) is 87.7 Å². The molecule has 7 nitrogen and oxygen atoms in total. The largest absolute Gasteiger partial charge is 0.335 e. The number of hydrogen-bond acceptors (Lipinski definition) is 6. The van der Waals surface area contributed by atoms with Gasteiger partial charge in [0.1, 0.15) is 0 Å². The quantitative estimate of drug-likeness (QED) is 0.560. The summed E-state index contributed by atoms with van der Waals surface area (Å²) in [4.78, 5) is 32.7. The predicted molar refractivity (Wildman–Crippen MR) is 124 cm³/mol. The number of nitrogens with zero attached hydrogens (tertiary/aromatic N) is 3. The molecule has 3 rings (SSSR count). The van der Waals surface area contributed by atoms with E-state index in [0.29, 0.717) is 23.8 Å². The van der Waals surface area contributed by atoms with Gasteiger partial charge in [-0.25, -0.2) is 13.4 Å². The zero-order chi connectivity index (χ0) is 22.4. The molecule has 0 saturated carbocycles. The molecule has 1 aromatic carbocycles. The molecule has 31 heavy (non-hydrogen) atoms. The number of thiazole rings is 1. The van der Waals surface area contributed by atoms with E-state index in [-0.39, 0.29) is 29.4 Å². The number of unbranched alkanes of at least 4 members (excludes halogenated alkanes) is 1. The van der Waals surface area contributed by atoms with Crippen LogP contribution in [0.15, 0.2) is 41.8 Å². The minimum atomic E-state index is -3.07. The number of anilines is 2. The van der Waals surface area contributed by atoms with E-state index < -0.39 is 9.84 Å². The number of hydrogen-bond donors (Lipinski definition) is 0. The molecule has 2 heterocycles. The average Bonchev–Trinajstić information content (AvgIpc) is 3.33. The molecule has 1 aromatic heterocycles. The third-order valence-corrected chi connectivity index (χ3v) is 7.71. The highest BCUT2D eigenvalue weighted by Gasteiger charge is 2.33. The molecule has 0 bridgehead atoms. The van der Waals surface area contributed by atoms with Gasteiger partial charge < -0.3 is 4.90 Å². The Morgan fingerprint density at radius 1 is 1.26 bits per heavy atom. The summed E-state index contributed by atoms with van der Waals surface area (Å²) < 4.78 is 23.7. The lowest BCUT2D eigenvalue weighted by Gasteiger charge is -2.27. The Morgan fingerprint density at radius 2 is 2.00 bits per heavy atom. The van der Waals surface area contributed by atoms with Crippen molar-refractivity contribution in [3.63, 3.8) is 0 Å². The van der Waals surface area contributed by atoms with Gasteiger partial charge in [-0.3, -0.25) is 14.5 Å². The normalized spacial score (nSPS) is 17.7. The summed E-state index contributed by atoms with van der Waals surface area (Å²) in [5, 5.41) is 2.31. The van der Waals surface area contributed by atoms with Gasteiger partial charge in [0.05, 0.1) is 22.9 Å². The highest BCUT2D eigenvalue weighted by molar-refractivity contribution is 7.91. The van der Waals surface area contributed by atoms with Crippen LogP contribution < -0.4 is 4.90 Å². The first-order valence-corrected chi connectivity index (χ1v) is 13.0. The fourth-order valence-corrected chi connectivity index (χ4v) is 6.12. The summed E-state index contributed by atoms with van der Waals surface area (Å²) in [5.41, 5.74) is 1.30. The van der Waals surface area contributed by atoms with Crippen molar-refractivity contribution < 1.29 is 18.0 Å². The molecule has 2 amide bonds. The predicted octanol–water partition coefficient (Wildman–Crippen LogP) is 3.66. The van der Waals surface area contributed by atoms with Gasteiger partial charge in [-0.2, -0.15) is 0 Å². The van der Waals surface area contributed by atoms with Crippen LogP contribution in [0.3, 0.4) is 0 Å². The van der Waals surface area contributed by atoms with Crippen LogP contribution in [0.5, 0.6) is 0 Å². The van der Waals surface area contributed by atoms with E-state index in [1.165, 1.54) is 29.2 Å². The van der Waals surface area contributed by atoms with Crippen LogP contribution in [0, 0.1) is 0 Å². The second-order valence-electron chi connectivity index (χ2n) is 7.52. The summed E-state index contributed by atoms with van der Waals surface area (Å²) in [6, 6.07) is 8.99. The fraction of sp³-hybridized carbons (Fsp3) is 0.409. The molecule has 9 heteroatoms. The van der Waals surface area contributed by atoms with Crippen LogP contribution in [0.1, 0.15) is 38.8 Å². The van der Waals surface area contributed by atoms with Gasteiger partial charge in [-0.05, 0) is 31.1 Å². The molecule has 0 N–H and O–H groups in total. The monoisotopic (exact) mass is 461 g/mol. The van der Waals surface area contributed by atoms with Crippen LogP contribution in [-0.4, -0.2) is 54.2 Å². The Bertz CT molecular complexity index is 1050. The summed E-state index contributed by atoms with van der Waals surface area (Å²) in [6.45, 7) is 4.05. The maximum atomic E-state index is 12.8. The van der Waals surface area contributed by atoms with Crippen LogP contribution in [-0.2, 0) is 19.4 Å². The molecule has 0 spiro atoms. The SMILES string of the molecule is CCCCN(C(=O)/C=C/c1csc(N(C(C)=O)c2ccccc2)n1)C1CCS(=O)(=O)C1. The first-order chi connectivity index (χ1) is 14.8. The number of aromatic nitrogens is 1. The van der Waals surface area contributed by atoms with Crippen molar-refractivity contribution in [3.05, 3.63) is 47.5 Å². The van der Waals surface area contributed by atoms with Crippen molar-refractivity contribution in [2.24, 2.45) is 0 Å². The molecule has 1 unspecified atom stereocenters. The zero-order valence-corrected chi connectivity index (χ0v) is 19.4. The molecule has 1 atom stereocenters. The molecular formula is C22H27N3O4S2. The molecule has 166 valence electrons. The number of carbonyl (C=O) groups excluding carboxylic acids is 2. The zero-order valence-electron chi connectivity index (χ0n) is 17.7. The van der Waals surface area contributed by atoms with Crippen LogP contribution in [0.2, 0.25) is 0 Å². The van der Waals surface area contributed by atoms with Gasteiger partial charge in [-0.1, -0.05) is 31.5 Å². The fourth-order valence-electron chi connectivity index (χ4n) is 3.53. The van der Waals surface area contributed by atoms with Crippen molar-refractivity contribution in [1.29, 1.82) is 0 Å². The minimum absolute atomic E-state index is 0.0296. The molecule has 0 radical (unpaired) electrons. The van der Waals surface area contributed by atoms with E-state index in [1.54, 1.807) is 16.4 Å². The Kier molecular flexibility index (Phi) is 7.61. The number of sulfone groups is 1. The lowest BCUT2D eigenvalue weighted by atomic mass is 10.2. The first kappa shape index (κ1) is 23.1. The van der Waals surface area contributed by atoms with Gasteiger partial charge >= 0.3 is 0 Å². The van der Waals surface area contributed by atoms with E-state index in [2.05, 4.69) is 4.98 Å². The van der Waals surface area contributed by atoms with E-state index in [0.717, 1.165) is 18.5 Å². The van der Waals surface area contributed by atoms with Crippen molar-refractivity contribution in [2.45, 2.75) is 39.2 Å². The van der Waals surface area contributed by atoms with Gasteiger partial charge in [0.25, 0.3) is 0 Å². The smallest absolute Gasteiger partial charge is 0.246 e. The maximum absolute atomic E-state index is 12.8. The van der Waals surface area contributed by atoms with E-state index in [1.807, 2.05) is 37.3 Å². The number of benzene rings is 1. The summed E-state index contributed by atoms with van der Waals surface area (Å²) in [6.07, 6.45) is 5.29. The molecule has 2 aromatic rings. The molecule has 0 aliphatic carbocycles. The molecule has 1 aliphatic heterocycles. The summed E-state index contributed by atoms with van der Waals surface area (Å²) in [7, 11) is -3.07. The highest BCUT2D eigenvalue weighted by atomic mass is 32.2. The number of carbonyl (C=O) groups is 2. The Labute approximate surface area is 187 Å². The Morgan fingerprint density at radius 3 is 2.61 bits per heavy atom. The minimum Gasteiger partial charge on any atom is -0.335 e. The van der Waals surface area contributed by atoms with Gasteiger partial charge in [0, 0.05) is 31.0 Å². The molecule has 1 fully saturated rings. The lowest BCUT2D eigenvalue weighted by molar-refractivity contribution is -0.127. The number of rotatable bonds is 8. The summed E-state index contributed by atoms with van der Waals surface area (Å²) >= 11 is 1.32. The van der Waals surface area contributed by atoms with Gasteiger partial charge in [0.15, 0.2) is 15.0 Å². The molecular weight excluding hydrogens is 434 g/mol. The molecule has 1 saturated heterocycles. The summed E-state index contributed by atoms with van der Waals surface area (Å²) in [5.74, 6) is -0.202. The highest BCUT2D eigenvalue weighted by Crippen LogP contribution is 2.29. The number of amides is 2. The van der Waals surface area contributed by atoms with Crippen molar-refractivity contribution in [1.82, 2.24) is 9.88 Å². The Hall–Kier alpha value is -2.52. The Balaban J connectivity index is 1.75. The number of para-hydroxylation sites is 1. The van der Waals surface area contributed by atoms with Crippen LogP contribution in [0.25, 0.3) is 6.08 Å². The van der Waals surface area contributed by atoms with Crippen molar-refractivity contribution in [3.8, 4) is 0 Å². The van der Waals surface area contributed by atoms with Crippen LogP contribution >= 0.6 is 11.3 Å². The third-order valence-electron chi connectivity index (χ3n) is 5.11. The lowest BCUT2D eigenvalue weighted by Crippen LogP contribution is -2.40. The standard InChI is InChI=1S/C22H27N3O4S2/c1-3-4-13-24(20-12-14-31(28,29)16-20)21(27)11-10-18-15-30-22(23-18)25(17(2)26)19-8-6-5-7-9-19/h5-11,15,20H,3-4,12-14,16H2,1-2H3/b11-10+.